The molecule has 6 heteroatoms. The Kier molecular flexibility index (Phi) is 3.26. The van der Waals surface area contributed by atoms with E-state index in [0.717, 1.165) is 11.9 Å². The Hall–Kier alpha value is -1.66. The first-order valence-corrected chi connectivity index (χ1v) is 5.19. The van der Waals surface area contributed by atoms with Crippen LogP contribution in [-0.2, 0) is 6.54 Å². The van der Waals surface area contributed by atoms with Crippen LogP contribution in [0.1, 0.15) is 11.4 Å². The highest BCUT2D eigenvalue weighted by atomic mass is 19.1. The van der Waals surface area contributed by atoms with Crippen LogP contribution in [-0.4, -0.2) is 26.7 Å². The fourth-order valence-corrected chi connectivity index (χ4v) is 1.68. The van der Waals surface area contributed by atoms with Crippen LogP contribution >= 0.6 is 0 Å². The molecular formula is C11H12BFN2O2. The van der Waals surface area contributed by atoms with Crippen LogP contribution in [0.3, 0.4) is 0 Å². The number of hydrogen-bond donors (Lipinski definition) is 2. The molecule has 0 amide bonds. The van der Waals surface area contributed by atoms with E-state index < -0.39 is 12.9 Å². The van der Waals surface area contributed by atoms with Crippen molar-refractivity contribution in [3.8, 4) is 0 Å². The molecule has 2 rings (SSSR count). The quantitative estimate of drug-likeness (QED) is 0.738. The van der Waals surface area contributed by atoms with E-state index in [1.165, 1.54) is 6.07 Å². The lowest BCUT2D eigenvalue weighted by atomic mass is 9.79. The molecule has 1 aromatic carbocycles. The fraction of sp³-hybridized carbons (Fsp3) is 0.182. The van der Waals surface area contributed by atoms with E-state index >= 15 is 0 Å². The first kappa shape index (κ1) is 11.8. The van der Waals surface area contributed by atoms with Gasteiger partial charge in [-0.05, 0) is 30.1 Å². The molecule has 2 aromatic rings. The van der Waals surface area contributed by atoms with Crippen LogP contribution < -0.4 is 5.46 Å². The van der Waals surface area contributed by atoms with Gasteiger partial charge in [0.25, 0.3) is 0 Å². The Labute approximate surface area is 98.5 Å². The highest BCUT2D eigenvalue weighted by Gasteiger charge is 2.13. The van der Waals surface area contributed by atoms with Crippen molar-refractivity contribution in [1.29, 1.82) is 0 Å². The fourth-order valence-electron chi connectivity index (χ4n) is 1.68. The lowest BCUT2D eigenvalue weighted by Gasteiger charge is -2.08. The minimum Gasteiger partial charge on any atom is -0.423 e. The zero-order valence-corrected chi connectivity index (χ0v) is 9.34. The highest BCUT2D eigenvalue weighted by molar-refractivity contribution is 6.58. The second kappa shape index (κ2) is 4.69. The summed E-state index contributed by atoms with van der Waals surface area (Å²) in [5, 5.41) is 18.0. The number of halogens is 1. The summed E-state index contributed by atoms with van der Waals surface area (Å²) in [5.41, 5.74) is 0.812. The summed E-state index contributed by atoms with van der Waals surface area (Å²) in [6.07, 6.45) is 3.45. The molecule has 2 N–H and O–H groups in total. The van der Waals surface area contributed by atoms with E-state index in [-0.39, 0.29) is 5.46 Å². The van der Waals surface area contributed by atoms with E-state index in [0.29, 0.717) is 12.1 Å². The molecule has 0 unspecified atom stereocenters. The molecule has 0 atom stereocenters. The zero-order valence-electron chi connectivity index (χ0n) is 9.34. The molecule has 4 nitrogen and oxygen atoms in total. The van der Waals surface area contributed by atoms with Gasteiger partial charge in [0.05, 0.1) is 0 Å². The summed E-state index contributed by atoms with van der Waals surface area (Å²) < 4.78 is 15.1. The standard InChI is InChI=1S/C11H12BFN2O2/c1-8-14-2-3-15(8)7-9-4-10(12(16)17)6-11(13)5-9/h2-6,16-17H,7H2,1H3. The number of aromatic nitrogens is 2. The van der Waals surface area contributed by atoms with Crippen molar-refractivity contribution in [3.63, 3.8) is 0 Å². The molecule has 0 saturated carbocycles. The zero-order chi connectivity index (χ0) is 12.4. The lowest BCUT2D eigenvalue weighted by Crippen LogP contribution is -2.30. The molecule has 0 aliphatic carbocycles. The van der Waals surface area contributed by atoms with Gasteiger partial charge in [-0.3, -0.25) is 0 Å². The molecule has 0 spiro atoms. The van der Waals surface area contributed by atoms with Crippen molar-refractivity contribution in [2.45, 2.75) is 13.5 Å². The summed E-state index contributed by atoms with van der Waals surface area (Å²) in [5.74, 6) is 0.337. The maximum atomic E-state index is 13.3. The van der Waals surface area contributed by atoms with Gasteiger partial charge in [0, 0.05) is 18.9 Å². The van der Waals surface area contributed by atoms with Gasteiger partial charge in [-0.1, -0.05) is 6.07 Å². The van der Waals surface area contributed by atoms with Crippen molar-refractivity contribution in [3.05, 3.63) is 47.8 Å². The van der Waals surface area contributed by atoms with Crippen molar-refractivity contribution in [1.82, 2.24) is 9.55 Å². The Balaban J connectivity index is 2.30. The average molecular weight is 234 g/mol. The number of imidazole rings is 1. The molecule has 17 heavy (non-hydrogen) atoms. The molecule has 0 fully saturated rings. The number of rotatable bonds is 3. The number of aryl methyl sites for hydroxylation is 1. The van der Waals surface area contributed by atoms with Crippen LogP contribution in [0, 0.1) is 12.7 Å². The third-order valence-corrected chi connectivity index (χ3v) is 2.55. The minimum absolute atomic E-state index is 0.151. The molecule has 0 aliphatic rings. The lowest BCUT2D eigenvalue weighted by molar-refractivity contribution is 0.425. The van der Waals surface area contributed by atoms with E-state index in [1.807, 2.05) is 11.5 Å². The van der Waals surface area contributed by atoms with Gasteiger partial charge >= 0.3 is 7.12 Å². The average Bonchev–Trinajstić information content (AvgIpc) is 2.63. The summed E-state index contributed by atoms with van der Waals surface area (Å²) in [4.78, 5) is 4.06. The van der Waals surface area contributed by atoms with Crippen molar-refractivity contribution < 1.29 is 14.4 Å². The van der Waals surface area contributed by atoms with E-state index in [2.05, 4.69) is 4.98 Å². The van der Waals surface area contributed by atoms with E-state index in [1.54, 1.807) is 18.5 Å². The molecule has 1 heterocycles. The van der Waals surface area contributed by atoms with Gasteiger partial charge in [-0.2, -0.15) is 0 Å². The first-order valence-electron chi connectivity index (χ1n) is 5.19. The topological polar surface area (TPSA) is 58.3 Å². The third kappa shape index (κ3) is 2.72. The predicted octanol–water partition coefficient (Wildman–Crippen LogP) is 0.0587. The van der Waals surface area contributed by atoms with Gasteiger partial charge in [0.15, 0.2) is 0 Å². The number of hydrogen-bond acceptors (Lipinski definition) is 3. The highest BCUT2D eigenvalue weighted by Crippen LogP contribution is 2.06. The van der Waals surface area contributed by atoms with Crippen LogP contribution in [0.4, 0.5) is 4.39 Å². The summed E-state index contributed by atoms with van der Waals surface area (Å²) in [7, 11) is -1.66. The summed E-state index contributed by atoms with van der Waals surface area (Å²) >= 11 is 0. The van der Waals surface area contributed by atoms with Gasteiger partial charge in [-0.15, -0.1) is 0 Å². The van der Waals surface area contributed by atoms with Crippen LogP contribution in [0.5, 0.6) is 0 Å². The molecule has 0 radical (unpaired) electrons. The summed E-state index contributed by atoms with van der Waals surface area (Å²) in [6, 6.07) is 4.04. The van der Waals surface area contributed by atoms with E-state index in [4.69, 9.17) is 10.0 Å². The smallest absolute Gasteiger partial charge is 0.423 e. The second-order valence-corrected chi connectivity index (χ2v) is 3.87. The summed E-state index contributed by atoms with van der Waals surface area (Å²) in [6.45, 7) is 2.30. The predicted molar refractivity (Wildman–Crippen MR) is 62.3 cm³/mol. The molecular weight excluding hydrogens is 222 g/mol. The van der Waals surface area contributed by atoms with Gasteiger partial charge in [-0.25, -0.2) is 9.37 Å². The monoisotopic (exact) mass is 234 g/mol. The maximum absolute atomic E-state index is 13.3. The van der Waals surface area contributed by atoms with Crippen LogP contribution in [0.15, 0.2) is 30.6 Å². The Bertz CT molecular complexity index is 528. The molecule has 0 bridgehead atoms. The normalized spacial score (nSPS) is 10.6. The third-order valence-electron chi connectivity index (χ3n) is 2.55. The van der Waals surface area contributed by atoms with Crippen molar-refractivity contribution >= 4 is 12.6 Å². The first-order chi connectivity index (χ1) is 8.06. The van der Waals surface area contributed by atoms with Crippen LogP contribution in [0.25, 0.3) is 0 Å². The maximum Gasteiger partial charge on any atom is 0.488 e. The SMILES string of the molecule is Cc1nccn1Cc1cc(F)cc(B(O)O)c1. The number of nitrogens with zero attached hydrogens (tertiary/aromatic N) is 2. The Morgan fingerprint density at radius 2 is 2.12 bits per heavy atom. The Morgan fingerprint density at radius 1 is 1.35 bits per heavy atom. The molecule has 0 saturated heterocycles. The van der Waals surface area contributed by atoms with Gasteiger partial charge < -0.3 is 14.6 Å². The molecule has 0 aliphatic heterocycles. The van der Waals surface area contributed by atoms with Gasteiger partial charge in [0.2, 0.25) is 0 Å². The van der Waals surface area contributed by atoms with Crippen molar-refractivity contribution in [2.75, 3.05) is 0 Å². The number of benzene rings is 1. The largest absolute Gasteiger partial charge is 0.488 e. The second-order valence-electron chi connectivity index (χ2n) is 3.87. The van der Waals surface area contributed by atoms with Gasteiger partial charge in [0.1, 0.15) is 11.6 Å². The van der Waals surface area contributed by atoms with Crippen LogP contribution in [0.2, 0.25) is 0 Å². The molecule has 88 valence electrons. The molecule has 1 aromatic heterocycles. The van der Waals surface area contributed by atoms with E-state index in [9.17, 15) is 4.39 Å². The minimum atomic E-state index is -1.66. The van der Waals surface area contributed by atoms with Crippen molar-refractivity contribution in [2.24, 2.45) is 0 Å². The Morgan fingerprint density at radius 3 is 2.71 bits per heavy atom.